The molecule has 1 fully saturated rings. The molecular formula is C34H26N2O4S. The molecule has 0 aliphatic carbocycles. The van der Waals surface area contributed by atoms with E-state index >= 15 is 0 Å². The Morgan fingerprint density at radius 3 is 2.54 bits per heavy atom. The molecule has 7 heteroatoms. The first-order chi connectivity index (χ1) is 20.1. The molecule has 6 nitrogen and oxygen atoms in total. The molecule has 0 saturated carbocycles. The van der Waals surface area contributed by atoms with Crippen molar-refractivity contribution in [1.29, 1.82) is 0 Å². The number of para-hydroxylation sites is 1. The number of carbonyl (C=O) groups is 3. The van der Waals surface area contributed by atoms with Gasteiger partial charge in [0.2, 0.25) is 5.91 Å². The Morgan fingerprint density at radius 1 is 0.976 bits per heavy atom. The highest BCUT2D eigenvalue weighted by Crippen LogP contribution is 2.62. The first-order valence-electron chi connectivity index (χ1n) is 13.5. The molecule has 4 heterocycles. The van der Waals surface area contributed by atoms with Crippen LogP contribution in [0.2, 0.25) is 0 Å². The molecule has 1 spiro atoms. The van der Waals surface area contributed by atoms with E-state index in [1.54, 1.807) is 36.4 Å². The van der Waals surface area contributed by atoms with E-state index in [0.29, 0.717) is 28.5 Å². The molecule has 3 aliphatic heterocycles. The fourth-order valence-corrected chi connectivity index (χ4v) is 7.48. The molecule has 1 N–H and O–H groups in total. The Hall–Kier alpha value is -4.75. The van der Waals surface area contributed by atoms with Crippen molar-refractivity contribution in [3.63, 3.8) is 0 Å². The molecule has 4 atom stereocenters. The standard InChI is InChI=1S/C34H26N2O4S/c1-2-19-40-23-15-13-22(14-16-23)30(37)28-29(31(38)27-12-7-20-41-27)36-18-17-21-8-3-4-9-24(21)32(36)34(28)25-10-5-6-11-26(25)35-33(34)39/h2-18,20,28-29,32H,1,19H2,(H,35,39)/t28-,29+,32-,34-/m0/s1. The number of ether oxygens (including phenoxy) is 1. The normalized spacial score (nSPS) is 23.5. The Bertz CT molecular complexity index is 1730. The fraction of sp³-hybridized carbons (Fsp3) is 0.147. The van der Waals surface area contributed by atoms with Crippen LogP contribution in [-0.2, 0) is 10.2 Å². The zero-order valence-electron chi connectivity index (χ0n) is 22.0. The molecule has 3 aliphatic rings. The Balaban J connectivity index is 1.48. The summed E-state index contributed by atoms with van der Waals surface area (Å²) in [5.41, 5.74) is 2.34. The number of hydrogen-bond acceptors (Lipinski definition) is 6. The van der Waals surface area contributed by atoms with Gasteiger partial charge in [0.15, 0.2) is 11.6 Å². The lowest BCUT2D eigenvalue weighted by Gasteiger charge is -2.38. The van der Waals surface area contributed by atoms with Crippen molar-refractivity contribution in [2.24, 2.45) is 5.92 Å². The largest absolute Gasteiger partial charge is 0.490 e. The number of thiophene rings is 1. The van der Waals surface area contributed by atoms with Gasteiger partial charge in [-0.3, -0.25) is 14.4 Å². The van der Waals surface area contributed by atoms with Crippen LogP contribution in [0.5, 0.6) is 5.75 Å². The summed E-state index contributed by atoms with van der Waals surface area (Å²) in [4.78, 5) is 46.1. The van der Waals surface area contributed by atoms with Crippen LogP contribution in [0.15, 0.2) is 109 Å². The molecule has 41 heavy (non-hydrogen) atoms. The van der Waals surface area contributed by atoms with Gasteiger partial charge in [-0.1, -0.05) is 61.2 Å². The summed E-state index contributed by atoms with van der Waals surface area (Å²) in [5.74, 6) is -1.10. The van der Waals surface area contributed by atoms with Crippen LogP contribution in [0, 0.1) is 5.92 Å². The SMILES string of the molecule is C=CCOc1ccc(C(=O)[C@@H]2[C@H](C(=O)c3cccs3)N3C=Cc4ccccc4[C@H]3[C@@]23C(=O)Nc2ccccc23)cc1. The molecule has 0 bridgehead atoms. The molecule has 4 aromatic rings. The van der Waals surface area contributed by atoms with Gasteiger partial charge in [-0.15, -0.1) is 11.3 Å². The molecule has 3 aromatic carbocycles. The highest BCUT2D eigenvalue weighted by molar-refractivity contribution is 7.12. The van der Waals surface area contributed by atoms with Gasteiger partial charge in [-0.05, 0) is 64.5 Å². The summed E-state index contributed by atoms with van der Waals surface area (Å²) in [6.07, 6.45) is 5.50. The third-order valence-corrected chi connectivity index (χ3v) is 9.28. The predicted octanol–water partition coefficient (Wildman–Crippen LogP) is 6.29. The molecule has 1 saturated heterocycles. The zero-order chi connectivity index (χ0) is 28.1. The van der Waals surface area contributed by atoms with Gasteiger partial charge in [0.25, 0.3) is 0 Å². The maximum Gasteiger partial charge on any atom is 0.238 e. The van der Waals surface area contributed by atoms with Crippen LogP contribution < -0.4 is 10.1 Å². The van der Waals surface area contributed by atoms with Crippen molar-refractivity contribution >= 4 is 40.6 Å². The van der Waals surface area contributed by atoms with E-state index in [-0.39, 0.29) is 17.5 Å². The van der Waals surface area contributed by atoms with Crippen LogP contribution in [0.25, 0.3) is 6.08 Å². The second-order valence-corrected chi connectivity index (χ2v) is 11.4. The molecule has 202 valence electrons. The van der Waals surface area contributed by atoms with E-state index in [1.807, 2.05) is 77.2 Å². The highest BCUT2D eigenvalue weighted by Gasteiger charge is 2.70. The summed E-state index contributed by atoms with van der Waals surface area (Å²) >= 11 is 1.34. The van der Waals surface area contributed by atoms with E-state index < -0.39 is 23.4 Å². The maximum atomic E-state index is 14.8. The minimum atomic E-state index is -1.34. The van der Waals surface area contributed by atoms with Crippen molar-refractivity contribution in [3.8, 4) is 5.75 Å². The van der Waals surface area contributed by atoms with E-state index in [2.05, 4.69) is 11.9 Å². The van der Waals surface area contributed by atoms with Crippen LogP contribution in [0.4, 0.5) is 5.69 Å². The zero-order valence-corrected chi connectivity index (χ0v) is 22.8. The van der Waals surface area contributed by atoms with E-state index in [1.165, 1.54) is 11.3 Å². The van der Waals surface area contributed by atoms with Gasteiger partial charge >= 0.3 is 0 Å². The van der Waals surface area contributed by atoms with Crippen molar-refractivity contribution in [3.05, 3.63) is 136 Å². The molecular weight excluding hydrogens is 532 g/mol. The number of nitrogens with one attached hydrogen (secondary N) is 1. The van der Waals surface area contributed by atoms with Gasteiger partial charge in [0.05, 0.1) is 16.8 Å². The van der Waals surface area contributed by atoms with E-state index in [9.17, 15) is 14.4 Å². The summed E-state index contributed by atoms with van der Waals surface area (Å²) in [5, 5.41) is 4.93. The number of nitrogens with zero attached hydrogens (tertiary/aromatic N) is 1. The molecule has 1 amide bonds. The topological polar surface area (TPSA) is 75.7 Å². The van der Waals surface area contributed by atoms with Crippen molar-refractivity contribution in [2.45, 2.75) is 17.5 Å². The second-order valence-electron chi connectivity index (χ2n) is 10.4. The number of fused-ring (bicyclic) bond motifs is 6. The number of benzene rings is 3. The maximum absolute atomic E-state index is 14.8. The first kappa shape index (κ1) is 25.2. The van der Waals surface area contributed by atoms with E-state index in [4.69, 9.17) is 4.74 Å². The quantitative estimate of drug-likeness (QED) is 0.213. The van der Waals surface area contributed by atoms with Crippen molar-refractivity contribution < 1.29 is 19.1 Å². The minimum absolute atomic E-state index is 0.174. The van der Waals surface area contributed by atoms with E-state index in [0.717, 1.165) is 16.7 Å². The summed E-state index contributed by atoms with van der Waals surface area (Å²) in [6, 6.07) is 24.5. The van der Waals surface area contributed by atoms with Crippen LogP contribution in [-0.4, -0.2) is 35.0 Å². The number of ketones is 2. The Kier molecular flexibility index (Phi) is 5.98. The predicted molar refractivity (Wildman–Crippen MR) is 159 cm³/mol. The van der Waals surface area contributed by atoms with Crippen molar-refractivity contribution in [2.75, 3.05) is 11.9 Å². The van der Waals surface area contributed by atoms with Crippen LogP contribution in [0.1, 0.15) is 42.8 Å². The van der Waals surface area contributed by atoms with Gasteiger partial charge in [0.1, 0.15) is 23.8 Å². The monoisotopic (exact) mass is 558 g/mol. The lowest BCUT2D eigenvalue weighted by Crippen LogP contribution is -2.49. The molecule has 0 unspecified atom stereocenters. The van der Waals surface area contributed by atoms with Crippen molar-refractivity contribution in [1.82, 2.24) is 4.90 Å². The summed E-state index contributed by atoms with van der Waals surface area (Å²) in [7, 11) is 0. The number of amides is 1. The first-order valence-corrected chi connectivity index (χ1v) is 14.3. The average molecular weight is 559 g/mol. The average Bonchev–Trinajstić information content (AvgIpc) is 3.72. The molecule has 1 aromatic heterocycles. The number of hydrogen-bond donors (Lipinski definition) is 1. The van der Waals surface area contributed by atoms with Gasteiger partial charge in [0, 0.05) is 17.5 Å². The lowest BCUT2D eigenvalue weighted by atomic mass is 9.63. The Morgan fingerprint density at radius 2 is 1.76 bits per heavy atom. The van der Waals surface area contributed by atoms with Crippen LogP contribution >= 0.6 is 11.3 Å². The fourth-order valence-electron chi connectivity index (χ4n) is 6.78. The van der Waals surface area contributed by atoms with Gasteiger partial charge < -0.3 is 15.0 Å². The molecule has 7 rings (SSSR count). The Labute approximate surface area is 241 Å². The number of Topliss-reactive ketones (excluding diaryl/α,β-unsaturated/α-hetero) is 2. The summed E-state index contributed by atoms with van der Waals surface area (Å²) in [6.45, 7) is 4.02. The smallest absolute Gasteiger partial charge is 0.238 e. The summed E-state index contributed by atoms with van der Waals surface area (Å²) < 4.78 is 5.63. The number of anilines is 1. The second kappa shape index (κ2) is 9.71. The third-order valence-electron chi connectivity index (χ3n) is 8.39. The van der Waals surface area contributed by atoms with Crippen LogP contribution in [0.3, 0.4) is 0 Å². The highest BCUT2D eigenvalue weighted by atomic mass is 32.1. The van der Waals surface area contributed by atoms with Gasteiger partial charge in [-0.2, -0.15) is 0 Å². The molecule has 0 radical (unpaired) electrons. The minimum Gasteiger partial charge on any atom is -0.490 e. The third kappa shape index (κ3) is 3.66. The number of rotatable bonds is 7. The number of carbonyl (C=O) groups excluding carboxylic acids is 3. The lowest BCUT2D eigenvalue weighted by molar-refractivity contribution is -0.122. The van der Waals surface area contributed by atoms with Gasteiger partial charge in [-0.25, -0.2) is 0 Å².